The average molecular weight is 238 g/mol. The molecule has 0 saturated heterocycles. The zero-order valence-corrected chi connectivity index (χ0v) is 8.75. The second kappa shape index (κ2) is 4.55. The molecule has 0 saturated carbocycles. The maximum absolute atomic E-state index is 13.4. The Morgan fingerprint density at radius 3 is 2.47 bits per heavy atom. The monoisotopic (exact) mass is 238 g/mol. The summed E-state index contributed by atoms with van der Waals surface area (Å²) >= 11 is 0. The van der Waals surface area contributed by atoms with Crippen molar-refractivity contribution in [3.05, 3.63) is 53.5 Å². The van der Waals surface area contributed by atoms with Crippen molar-refractivity contribution in [3.63, 3.8) is 0 Å². The van der Waals surface area contributed by atoms with Crippen LogP contribution < -0.4 is 5.73 Å². The van der Waals surface area contributed by atoms with Gasteiger partial charge in [0, 0.05) is 17.7 Å². The Kier molecular flexibility index (Phi) is 3.10. The van der Waals surface area contributed by atoms with Gasteiger partial charge in [-0.1, -0.05) is 6.07 Å². The maximum atomic E-state index is 13.4. The van der Waals surface area contributed by atoms with Crippen LogP contribution in [0.4, 0.5) is 13.2 Å². The molecule has 0 amide bonds. The highest BCUT2D eigenvalue weighted by Crippen LogP contribution is 2.22. The molecular formula is C12H9F3N2. The SMILES string of the molecule is NCc1ccc(-c2cc(F)ccc2F)nc1F. The third-order valence-corrected chi connectivity index (χ3v) is 2.35. The van der Waals surface area contributed by atoms with E-state index in [1.54, 1.807) is 0 Å². The Morgan fingerprint density at radius 1 is 1.06 bits per heavy atom. The lowest BCUT2D eigenvalue weighted by Gasteiger charge is -2.05. The van der Waals surface area contributed by atoms with Crippen LogP contribution in [0.3, 0.4) is 0 Å². The molecule has 17 heavy (non-hydrogen) atoms. The minimum absolute atomic E-state index is 0.00471. The Hall–Kier alpha value is -1.88. The molecule has 88 valence electrons. The van der Waals surface area contributed by atoms with Crippen molar-refractivity contribution >= 4 is 0 Å². The number of aromatic nitrogens is 1. The largest absolute Gasteiger partial charge is 0.326 e. The van der Waals surface area contributed by atoms with E-state index in [4.69, 9.17) is 5.73 Å². The first kappa shape index (κ1) is 11.6. The van der Waals surface area contributed by atoms with Gasteiger partial charge in [0.2, 0.25) is 5.95 Å². The van der Waals surface area contributed by atoms with Gasteiger partial charge in [-0.15, -0.1) is 0 Å². The van der Waals surface area contributed by atoms with Gasteiger partial charge < -0.3 is 5.73 Å². The summed E-state index contributed by atoms with van der Waals surface area (Å²) in [5.41, 5.74) is 5.47. The van der Waals surface area contributed by atoms with Crippen LogP contribution in [0.5, 0.6) is 0 Å². The second-order valence-corrected chi connectivity index (χ2v) is 3.47. The zero-order chi connectivity index (χ0) is 12.4. The fraction of sp³-hybridized carbons (Fsp3) is 0.0833. The highest BCUT2D eigenvalue weighted by molar-refractivity contribution is 5.60. The van der Waals surface area contributed by atoms with Crippen LogP contribution in [0, 0.1) is 17.6 Å². The molecule has 0 fully saturated rings. The minimum Gasteiger partial charge on any atom is -0.326 e. The van der Waals surface area contributed by atoms with Crippen molar-refractivity contribution in [3.8, 4) is 11.3 Å². The zero-order valence-electron chi connectivity index (χ0n) is 8.75. The van der Waals surface area contributed by atoms with E-state index < -0.39 is 17.6 Å². The third-order valence-electron chi connectivity index (χ3n) is 2.35. The molecule has 0 atom stereocenters. The number of halogens is 3. The quantitative estimate of drug-likeness (QED) is 0.817. The van der Waals surface area contributed by atoms with Gasteiger partial charge in [-0.2, -0.15) is 4.39 Å². The van der Waals surface area contributed by atoms with Crippen LogP contribution in [-0.2, 0) is 6.54 Å². The first-order chi connectivity index (χ1) is 8.11. The molecule has 1 aromatic carbocycles. The Morgan fingerprint density at radius 2 is 1.82 bits per heavy atom. The third kappa shape index (κ3) is 2.29. The lowest BCUT2D eigenvalue weighted by molar-refractivity contribution is 0.566. The lowest BCUT2D eigenvalue weighted by Crippen LogP contribution is -2.02. The number of hydrogen-bond donors (Lipinski definition) is 1. The van der Waals surface area contributed by atoms with E-state index in [2.05, 4.69) is 4.98 Å². The molecule has 0 radical (unpaired) electrons. The van der Waals surface area contributed by atoms with E-state index in [1.807, 2.05) is 0 Å². The molecule has 5 heteroatoms. The van der Waals surface area contributed by atoms with Crippen molar-refractivity contribution in [2.24, 2.45) is 5.73 Å². The van der Waals surface area contributed by atoms with Gasteiger partial charge in [-0.25, -0.2) is 13.8 Å². The van der Waals surface area contributed by atoms with Crippen LogP contribution in [0.15, 0.2) is 30.3 Å². The number of nitrogens with zero attached hydrogens (tertiary/aromatic N) is 1. The minimum atomic E-state index is -0.770. The number of nitrogens with two attached hydrogens (primary N) is 1. The first-order valence-electron chi connectivity index (χ1n) is 4.92. The van der Waals surface area contributed by atoms with Gasteiger partial charge in [-0.05, 0) is 24.3 Å². The predicted molar refractivity (Wildman–Crippen MR) is 57.4 cm³/mol. The fourth-order valence-electron chi connectivity index (χ4n) is 1.46. The van der Waals surface area contributed by atoms with Crippen LogP contribution >= 0.6 is 0 Å². The normalized spacial score (nSPS) is 10.6. The van der Waals surface area contributed by atoms with Crippen LogP contribution in [0.2, 0.25) is 0 Å². The molecule has 1 aromatic heterocycles. The molecule has 0 bridgehead atoms. The van der Waals surface area contributed by atoms with E-state index in [9.17, 15) is 13.2 Å². The summed E-state index contributed by atoms with van der Waals surface area (Å²) < 4.78 is 39.7. The molecule has 0 aliphatic rings. The Labute approximate surface area is 95.9 Å². The molecule has 2 N–H and O–H groups in total. The van der Waals surface area contributed by atoms with Gasteiger partial charge in [0.1, 0.15) is 11.6 Å². The van der Waals surface area contributed by atoms with E-state index >= 15 is 0 Å². The number of rotatable bonds is 2. The van der Waals surface area contributed by atoms with Gasteiger partial charge in [-0.3, -0.25) is 0 Å². The summed E-state index contributed by atoms with van der Waals surface area (Å²) in [6.45, 7) is 0.00471. The average Bonchev–Trinajstić information content (AvgIpc) is 2.32. The summed E-state index contributed by atoms with van der Waals surface area (Å²) in [4.78, 5) is 3.56. The molecule has 0 aliphatic carbocycles. The highest BCUT2D eigenvalue weighted by Gasteiger charge is 2.10. The fourth-order valence-corrected chi connectivity index (χ4v) is 1.46. The van der Waals surface area contributed by atoms with E-state index in [-0.39, 0.29) is 23.4 Å². The summed E-state index contributed by atoms with van der Waals surface area (Å²) in [5, 5.41) is 0. The van der Waals surface area contributed by atoms with Crippen molar-refractivity contribution in [2.45, 2.75) is 6.54 Å². The highest BCUT2D eigenvalue weighted by atomic mass is 19.1. The van der Waals surface area contributed by atoms with Gasteiger partial charge in [0.05, 0.1) is 5.69 Å². The number of hydrogen-bond acceptors (Lipinski definition) is 2. The number of benzene rings is 1. The molecule has 0 spiro atoms. The molecular weight excluding hydrogens is 229 g/mol. The number of pyridine rings is 1. The predicted octanol–water partition coefficient (Wildman–Crippen LogP) is 2.62. The first-order valence-corrected chi connectivity index (χ1v) is 4.92. The standard InChI is InChI=1S/C12H9F3N2/c13-8-2-3-10(14)9(5-8)11-4-1-7(6-16)12(15)17-11/h1-5H,6,16H2. The molecule has 2 rings (SSSR count). The summed E-state index contributed by atoms with van der Waals surface area (Å²) in [5.74, 6) is -2.03. The maximum Gasteiger partial charge on any atom is 0.217 e. The van der Waals surface area contributed by atoms with Gasteiger partial charge >= 0.3 is 0 Å². The van der Waals surface area contributed by atoms with Crippen molar-refractivity contribution in [2.75, 3.05) is 0 Å². The molecule has 1 heterocycles. The van der Waals surface area contributed by atoms with E-state index in [0.717, 1.165) is 18.2 Å². The molecule has 2 aromatic rings. The van der Waals surface area contributed by atoms with Crippen molar-refractivity contribution in [1.82, 2.24) is 4.98 Å². The van der Waals surface area contributed by atoms with E-state index in [1.165, 1.54) is 12.1 Å². The smallest absolute Gasteiger partial charge is 0.217 e. The summed E-state index contributed by atoms with van der Waals surface area (Å²) in [7, 11) is 0. The van der Waals surface area contributed by atoms with Crippen LogP contribution in [0.1, 0.15) is 5.56 Å². The lowest BCUT2D eigenvalue weighted by atomic mass is 10.1. The van der Waals surface area contributed by atoms with Gasteiger partial charge in [0.25, 0.3) is 0 Å². The van der Waals surface area contributed by atoms with Crippen LogP contribution in [0.25, 0.3) is 11.3 Å². The Bertz CT molecular complexity index is 555. The molecule has 0 unspecified atom stereocenters. The Balaban J connectivity index is 2.53. The summed E-state index contributed by atoms with van der Waals surface area (Å²) in [6.07, 6.45) is 0. The summed E-state index contributed by atoms with van der Waals surface area (Å²) in [6, 6.07) is 5.74. The molecule has 2 nitrogen and oxygen atoms in total. The molecule has 0 aliphatic heterocycles. The topological polar surface area (TPSA) is 38.9 Å². The second-order valence-electron chi connectivity index (χ2n) is 3.47. The van der Waals surface area contributed by atoms with Crippen molar-refractivity contribution < 1.29 is 13.2 Å². The van der Waals surface area contributed by atoms with Crippen LogP contribution in [-0.4, -0.2) is 4.98 Å². The van der Waals surface area contributed by atoms with Gasteiger partial charge in [0.15, 0.2) is 0 Å². The van der Waals surface area contributed by atoms with Crippen molar-refractivity contribution in [1.29, 1.82) is 0 Å². The van der Waals surface area contributed by atoms with E-state index in [0.29, 0.717) is 0 Å².